The van der Waals surface area contributed by atoms with Gasteiger partial charge in [0.15, 0.2) is 0 Å². The van der Waals surface area contributed by atoms with Gasteiger partial charge in [0.2, 0.25) is 0 Å². The molecule has 0 bridgehead atoms. The predicted molar refractivity (Wildman–Crippen MR) is 61.1 cm³/mol. The molecule has 1 radical (unpaired) electrons. The van der Waals surface area contributed by atoms with Crippen LogP contribution < -0.4 is 4.74 Å². The Hall–Kier alpha value is -1.77. The lowest BCUT2D eigenvalue weighted by Gasteiger charge is -2.12. The van der Waals surface area contributed by atoms with Crippen molar-refractivity contribution in [2.75, 3.05) is 6.61 Å². The van der Waals surface area contributed by atoms with Crippen molar-refractivity contribution in [3.05, 3.63) is 43.0 Å². The van der Waals surface area contributed by atoms with Crippen LogP contribution in [-0.4, -0.2) is 18.7 Å². The van der Waals surface area contributed by atoms with E-state index in [0.29, 0.717) is 13.0 Å². The average molecular weight is 219 g/mol. The second-order valence-corrected chi connectivity index (χ2v) is 3.32. The molecule has 1 aromatic carbocycles. The minimum Gasteiger partial charge on any atom is -0.493 e. The number of carbonyl (C=O) groups excluding carboxylic acids is 1. The molecule has 0 aliphatic carbocycles. The van der Waals surface area contributed by atoms with Gasteiger partial charge in [-0.05, 0) is 25.1 Å². The maximum absolute atomic E-state index is 10.9. The highest BCUT2D eigenvalue weighted by Gasteiger charge is 2.06. The van der Waals surface area contributed by atoms with E-state index in [-0.39, 0.29) is 6.10 Å². The minimum atomic E-state index is -0.401. The van der Waals surface area contributed by atoms with E-state index in [0.717, 1.165) is 11.8 Å². The van der Waals surface area contributed by atoms with Gasteiger partial charge >= 0.3 is 5.97 Å². The van der Waals surface area contributed by atoms with Crippen molar-refractivity contribution in [2.24, 2.45) is 0 Å². The number of benzene rings is 1. The van der Waals surface area contributed by atoms with Crippen LogP contribution >= 0.6 is 0 Å². The standard InChI is InChI=1S/C13H15O3/c1-3-13(14)16-11(2)9-10-15-12-7-5-4-6-8-12/h3,5-8,11H,1,9-10H2,2H3. The van der Waals surface area contributed by atoms with E-state index in [4.69, 9.17) is 9.47 Å². The molecular weight excluding hydrogens is 204 g/mol. The third-order valence-electron chi connectivity index (χ3n) is 1.96. The Labute approximate surface area is 95.7 Å². The molecule has 85 valence electrons. The first kappa shape index (κ1) is 12.3. The third kappa shape index (κ3) is 4.64. The average Bonchev–Trinajstić information content (AvgIpc) is 2.30. The first-order valence-corrected chi connectivity index (χ1v) is 5.14. The summed E-state index contributed by atoms with van der Waals surface area (Å²) in [5.74, 6) is 0.391. The molecule has 0 heterocycles. The number of rotatable bonds is 6. The van der Waals surface area contributed by atoms with Gasteiger partial charge in [0, 0.05) is 12.5 Å². The van der Waals surface area contributed by atoms with Gasteiger partial charge in [0.1, 0.15) is 11.9 Å². The van der Waals surface area contributed by atoms with Crippen molar-refractivity contribution < 1.29 is 14.3 Å². The molecule has 3 heteroatoms. The fraction of sp³-hybridized carbons (Fsp3) is 0.308. The van der Waals surface area contributed by atoms with Gasteiger partial charge in [0.05, 0.1) is 6.61 Å². The van der Waals surface area contributed by atoms with Gasteiger partial charge in [-0.3, -0.25) is 0 Å². The van der Waals surface area contributed by atoms with Crippen LogP contribution in [0.1, 0.15) is 13.3 Å². The van der Waals surface area contributed by atoms with Crippen molar-refractivity contribution in [3.8, 4) is 5.75 Å². The van der Waals surface area contributed by atoms with Gasteiger partial charge in [-0.25, -0.2) is 4.79 Å². The SMILES string of the molecule is C=CC(=O)OC(C)CCOc1cc[c]cc1. The second kappa shape index (κ2) is 6.67. The fourth-order valence-corrected chi connectivity index (χ4v) is 1.12. The highest BCUT2D eigenvalue weighted by molar-refractivity contribution is 5.81. The normalized spacial score (nSPS) is 11.6. The molecule has 1 aromatic rings. The summed E-state index contributed by atoms with van der Waals surface area (Å²) in [6.45, 7) is 5.66. The highest BCUT2D eigenvalue weighted by Crippen LogP contribution is 2.09. The first-order chi connectivity index (χ1) is 7.72. The van der Waals surface area contributed by atoms with Crippen LogP contribution in [0.4, 0.5) is 0 Å². The van der Waals surface area contributed by atoms with E-state index < -0.39 is 5.97 Å². The van der Waals surface area contributed by atoms with Crippen molar-refractivity contribution in [2.45, 2.75) is 19.4 Å². The summed E-state index contributed by atoms with van der Waals surface area (Å²) in [4.78, 5) is 10.9. The number of carbonyl (C=O) groups is 1. The quantitative estimate of drug-likeness (QED) is 0.544. The molecule has 0 aromatic heterocycles. The molecule has 0 saturated heterocycles. The van der Waals surface area contributed by atoms with Gasteiger partial charge < -0.3 is 9.47 Å². The molecule has 0 aliphatic rings. The summed E-state index contributed by atoms with van der Waals surface area (Å²) in [5, 5.41) is 0. The number of hydrogen-bond acceptors (Lipinski definition) is 3. The lowest BCUT2D eigenvalue weighted by molar-refractivity contribution is -0.142. The van der Waals surface area contributed by atoms with Gasteiger partial charge in [0.25, 0.3) is 0 Å². The summed E-state index contributed by atoms with van der Waals surface area (Å²) < 4.78 is 10.4. The minimum absolute atomic E-state index is 0.166. The second-order valence-electron chi connectivity index (χ2n) is 3.32. The topological polar surface area (TPSA) is 35.5 Å². The monoisotopic (exact) mass is 219 g/mol. The zero-order valence-corrected chi connectivity index (χ0v) is 9.31. The van der Waals surface area contributed by atoms with E-state index in [9.17, 15) is 4.79 Å². The van der Waals surface area contributed by atoms with Crippen LogP contribution in [0.2, 0.25) is 0 Å². The molecule has 0 amide bonds. The van der Waals surface area contributed by atoms with Crippen molar-refractivity contribution >= 4 is 5.97 Å². The van der Waals surface area contributed by atoms with Gasteiger partial charge in [-0.15, -0.1) is 0 Å². The Morgan fingerprint density at radius 3 is 2.88 bits per heavy atom. The molecule has 0 saturated carbocycles. The molecule has 16 heavy (non-hydrogen) atoms. The maximum Gasteiger partial charge on any atom is 0.330 e. The zero-order valence-electron chi connectivity index (χ0n) is 9.31. The Morgan fingerprint density at radius 1 is 1.56 bits per heavy atom. The Morgan fingerprint density at radius 2 is 2.25 bits per heavy atom. The largest absolute Gasteiger partial charge is 0.493 e. The van der Waals surface area contributed by atoms with E-state index in [2.05, 4.69) is 12.6 Å². The Balaban J connectivity index is 2.20. The maximum atomic E-state index is 10.9. The van der Waals surface area contributed by atoms with Crippen molar-refractivity contribution in [1.29, 1.82) is 0 Å². The van der Waals surface area contributed by atoms with Crippen LogP contribution in [0.25, 0.3) is 0 Å². The molecule has 1 atom stereocenters. The molecule has 1 unspecified atom stereocenters. The third-order valence-corrected chi connectivity index (χ3v) is 1.96. The Kier molecular flexibility index (Phi) is 5.12. The van der Waals surface area contributed by atoms with Crippen LogP contribution in [0.3, 0.4) is 0 Å². The summed E-state index contributed by atoms with van der Waals surface area (Å²) >= 11 is 0. The van der Waals surface area contributed by atoms with Crippen LogP contribution in [0, 0.1) is 6.07 Å². The van der Waals surface area contributed by atoms with Gasteiger partial charge in [-0.1, -0.05) is 18.7 Å². The molecule has 3 nitrogen and oxygen atoms in total. The molecule has 1 rings (SSSR count). The van der Waals surface area contributed by atoms with Crippen LogP contribution in [0.15, 0.2) is 36.9 Å². The first-order valence-electron chi connectivity index (χ1n) is 5.14. The summed E-state index contributed by atoms with van der Waals surface area (Å²) in [6.07, 6.45) is 1.64. The highest BCUT2D eigenvalue weighted by atomic mass is 16.5. The van der Waals surface area contributed by atoms with Crippen LogP contribution in [-0.2, 0) is 9.53 Å². The lowest BCUT2D eigenvalue weighted by Crippen LogP contribution is -2.16. The number of hydrogen-bond donors (Lipinski definition) is 0. The molecule has 0 fully saturated rings. The predicted octanol–water partition coefficient (Wildman–Crippen LogP) is 2.37. The summed E-state index contributed by atoms with van der Waals surface area (Å²) in [7, 11) is 0. The fourth-order valence-electron chi connectivity index (χ4n) is 1.12. The lowest BCUT2D eigenvalue weighted by atomic mass is 10.3. The smallest absolute Gasteiger partial charge is 0.330 e. The molecule has 0 spiro atoms. The summed E-state index contributed by atoms with van der Waals surface area (Å²) in [6, 6.07) is 10.1. The van der Waals surface area contributed by atoms with Crippen molar-refractivity contribution in [1.82, 2.24) is 0 Å². The van der Waals surface area contributed by atoms with Gasteiger partial charge in [-0.2, -0.15) is 0 Å². The number of ether oxygens (including phenoxy) is 2. The zero-order chi connectivity index (χ0) is 11.8. The molecule has 0 aliphatic heterocycles. The Bertz CT molecular complexity index is 332. The van der Waals surface area contributed by atoms with E-state index in [1.807, 2.05) is 19.1 Å². The van der Waals surface area contributed by atoms with Crippen LogP contribution in [0.5, 0.6) is 5.75 Å². The molecule has 0 N–H and O–H groups in total. The van der Waals surface area contributed by atoms with Crippen molar-refractivity contribution in [3.63, 3.8) is 0 Å². The van der Waals surface area contributed by atoms with E-state index in [1.165, 1.54) is 0 Å². The van der Waals surface area contributed by atoms with E-state index >= 15 is 0 Å². The number of esters is 1. The van der Waals surface area contributed by atoms with E-state index in [1.54, 1.807) is 12.1 Å². The molecular formula is C13H15O3. The summed E-state index contributed by atoms with van der Waals surface area (Å²) in [5.41, 5.74) is 0.